The smallest absolute Gasteiger partial charge is 0 e. The molecule has 0 heterocycles. The zero-order valence-corrected chi connectivity index (χ0v) is 27.1. The Balaban J connectivity index is 0.000000267. The maximum absolute atomic E-state index is 2.23. The number of hydrogen-bond donors (Lipinski definition) is 0. The fourth-order valence-electron chi connectivity index (χ4n) is 4.36. The third kappa shape index (κ3) is 9.43. The van der Waals surface area contributed by atoms with Crippen LogP contribution < -0.4 is 31.8 Å². The Kier molecular flexibility index (Phi) is 15.2. The Hall–Kier alpha value is -3.17. The van der Waals surface area contributed by atoms with Crippen LogP contribution in [0.15, 0.2) is 182 Å². The number of hydrogen-bond acceptors (Lipinski definition) is 0. The molecule has 6 rings (SSSR count). The van der Waals surface area contributed by atoms with E-state index in [1.807, 2.05) is 0 Å². The van der Waals surface area contributed by atoms with Crippen LogP contribution >= 0.6 is 15.8 Å². The largest absolute Gasteiger partial charge is 0.412 e. The SMILES string of the molecule is O.[CH3-].[Pt].c1ccc(P(c2ccccc2)c2ccccc2)cc1.c1ccc(P(c2ccccc2)c2ccccc2)cc1. The van der Waals surface area contributed by atoms with E-state index < -0.39 is 15.8 Å². The molecule has 0 saturated heterocycles. The van der Waals surface area contributed by atoms with E-state index in [9.17, 15) is 0 Å². The zero-order valence-electron chi connectivity index (χ0n) is 23.0. The molecule has 0 radical (unpaired) electrons. The molecule has 0 unspecified atom stereocenters. The van der Waals surface area contributed by atoms with Gasteiger partial charge in [0.1, 0.15) is 0 Å². The van der Waals surface area contributed by atoms with E-state index in [-0.39, 0.29) is 34.0 Å². The van der Waals surface area contributed by atoms with Gasteiger partial charge < -0.3 is 12.9 Å². The van der Waals surface area contributed by atoms with E-state index in [0.717, 1.165) is 0 Å². The van der Waals surface area contributed by atoms with Crippen LogP contribution in [0.1, 0.15) is 0 Å². The molecule has 6 aromatic rings. The van der Waals surface area contributed by atoms with Crippen molar-refractivity contribution in [1.82, 2.24) is 0 Å². The minimum atomic E-state index is -0.446. The van der Waals surface area contributed by atoms with Gasteiger partial charge in [-0.15, -0.1) is 0 Å². The first kappa shape index (κ1) is 34.0. The van der Waals surface area contributed by atoms with Gasteiger partial charge in [-0.3, -0.25) is 0 Å². The first-order chi connectivity index (χ1) is 18.9. The van der Waals surface area contributed by atoms with Gasteiger partial charge in [0, 0.05) is 21.1 Å². The fourth-order valence-corrected chi connectivity index (χ4v) is 8.97. The molecule has 0 atom stereocenters. The van der Waals surface area contributed by atoms with Gasteiger partial charge in [-0.05, 0) is 47.7 Å². The van der Waals surface area contributed by atoms with Crippen LogP contribution in [0.2, 0.25) is 0 Å². The third-order valence-corrected chi connectivity index (χ3v) is 11.0. The minimum absolute atomic E-state index is 0. The van der Waals surface area contributed by atoms with Crippen LogP contribution in [0.4, 0.5) is 0 Å². The van der Waals surface area contributed by atoms with Crippen LogP contribution in [0.5, 0.6) is 0 Å². The van der Waals surface area contributed by atoms with E-state index in [4.69, 9.17) is 0 Å². The summed E-state index contributed by atoms with van der Waals surface area (Å²) in [5.41, 5.74) is 0. The Labute approximate surface area is 262 Å². The molecular weight excluding hydrogens is 717 g/mol. The molecule has 4 heteroatoms. The number of rotatable bonds is 6. The predicted molar refractivity (Wildman–Crippen MR) is 180 cm³/mol. The molecule has 0 amide bonds. The molecule has 0 saturated carbocycles. The minimum Gasteiger partial charge on any atom is -0.412 e. The average Bonchev–Trinajstić information content (AvgIpc) is 3.01. The molecule has 0 aliphatic heterocycles. The van der Waals surface area contributed by atoms with Crippen molar-refractivity contribution < 1.29 is 26.5 Å². The van der Waals surface area contributed by atoms with Crippen molar-refractivity contribution in [2.45, 2.75) is 0 Å². The molecule has 0 aliphatic carbocycles. The maximum Gasteiger partial charge on any atom is 0 e. The maximum atomic E-state index is 2.23. The average molecular weight is 753 g/mol. The number of benzene rings is 6. The van der Waals surface area contributed by atoms with Gasteiger partial charge in [-0.25, -0.2) is 0 Å². The summed E-state index contributed by atoms with van der Waals surface area (Å²) in [4.78, 5) is 0. The van der Waals surface area contributed by atoms with Crippen molar-refractivity contribution in [3.63, 3.8) is 0 Å². The van der Waals surface area contributed by atoms with E-state index >= 15 is 0 Å². The third-order valence-electron chi connectivity index (χ3n) is 6.09. The van der Waals surface area contributed by atoms with Crippen molar-refractivity contribution >= 4 is 47.7 Å². The van der Waals surface area contributed by atoms with Crippen molar-refractivity contribution in [2.75, 3.05) is 0 Å². The van der Waals surface area contributed by atoms with E-state index in [0.29, 0.717) is 0 Å². The monoisotopic (exact) mass is 752 g/mol. The molecule has 6 aromatic carbocycles. The van der Waals surface area contributed by atoms with Crippen LogP contribution in [-0.2, 0) is 21.1 Å². The van der Waals surface area contributed by atoms with E-state index in [1.165, 1.54) is 31.8 Å². The zero-order chi connectivity index (χ0) is 25.8. The molecule has 0 bridgehead atoms. The first-order valence-corrected chi connectivity index (χ1v) is 15.5. The summed E-state index contributed by atoms with van der Waals surface area (Å²) >= 11 is 0. The van der Waals surface area contributed by atoms with Crippen LogP contribution in [-0.4, -0.2) is 5.48 Å². The Morgan fingerprint density at radius 2 is 0.366 bits per heavy atom. The van der Waals surface area contributed by atoms with Crippen LogP contribution in [0.3, 0.4) is 0 Å². The molecule has 1 nitrogen and oxygen atoms in total. The summed E-state index contributed by atoms with van der Waals surface area (Å²) < 4.78 is 0. The van der Waals surface area contributed by atoms with Crippen LogP contribution in [0, 0.1) is 7.43 Å². The van der Waals surface area contributed by atoms with Gasteiger partial charge >= 0.3 is 0 Å². The van der Waals surface area contributed by atoms with Crippen molar-refractivity contribution in [3.05, 3.63) is 189 Å². The van der Waals surface area contributed by atoms with Gasteiger partial charge in [0.2, 0.25) is 0 Å². The van der Waals surface area contributed by atoms with Crippen LogP contribution in [0.25, 0.3) is 0 Å². The quantitative estimate of drug-likeness (QED) is 0.137. The summed E-state index contributed by atoms with van der Waals surface area (Å²) in [6, 6.07) is 64.7. The second-order valence-corrected chi connectivity index (χ2v) is 13.1. The molecular formula is C37H35OP2Pt-. The topological polar surface area (TPSA) is 31.5 Å². The normalized spacial score (nSPS) is 9.80. The summed E-state index contributed by atoms with van der Waals surface area (Å²) in [5.74, 6) is 0. The second-order valence-electron chi connectivity index (χ2n) is 8.68. The molecule has 210 valence electrons. The molecule has 0 aliphatic rings. The van der Waals surface area contributed by atoms with Gasteiger partial charge in [0.05, 0.1) is 0 Å². The standard InChI is InChI=1S/2C18H15P.CH3.H2O.Pt/c2*1-4-10-16(11-5-1)19(17-12-6-2-7-13-17)18-14-8-3-9-15-18;;;/h2*1-15H;1H3;1H2;/q;;-1;;. The Morgan fingerprint density at radius 1 is 0.244 bits per heavy atom. The van der Waals surface area contributed by atoms with Gasteiger partial charge in [0.15, 0.2) is 0 Å². The van der Waals surface area contributed by atoms with Crippen molar-refractivity contribution in [2.24, 2.45) is 0 Å². The van der Waals surface area contributed by atoms with E-state index in [1.54, 1.807) is 0 Å². The van der Waals surface area contributed by atoms with Gasteiger partial charge in [-0.2, -0.15) is 0 Å². The molecule has 41 heavy (non-hydrogen) atoms. The Bertz CT molecular complexity index is 1180. The van der Waals surface area contributed by atoms with Gasteiger partial charge in [-0.1, -0.05) is 182 Å². The molecule has 0 aromatic heterocycles. The molecule has 0 spiro atoms. The van der Waals surface area contributed by atoms with E-state index in [2.05, 4.69) is 182 Å². The summed E-state index contributed by atoms with van der Waals surface area (Å²) in [5, 5.41) is 8.39. The van der Waals surface area contributed by atoms with Gasteiger partial charge in [0.25, 0.3) is 0 Å². The fraction of sp³-hybridized carbons (Fsp3) is 0. The molecule has 2 N–H and O–H groups in total. The van der Waals surface area contributed by atoms with Crippen molar-refractivity contribution in [1.29, 1.82) is 0 Å². The summed E-state index contributed by atoms with van der Waals surface area (Å²) in [6.45, 7) is 0. The second kappa shape index (κ2) is 18.3. The van der Waals surface area contributed by atoms with Crippen molar-refractivity contribution in [3.8, 4) is 0 Å². The Morgan fingerprint density at radius 3 is 0.488 bits per heavy atom. The molecule has 0 fully saturated rings. The predicted octanol–water partition coefficient (Wildman–Crippen LogP) is 6.51. The first-order valence-electron chi connectivity index (χ1n) is 12.8. The summed E-state index contributed by atoms with van der Waals surface area (Å²) in [7, 11) is -0.892. The summed E-state index contributed by atoms with van der Waals surface area (Å²) in [6.07, 6.45) is 0.